The van der Waals surface area contributed by atoms with Crippen molar-refractivity contribution in [2.75, 3.05) is 6.54 Å². The minimum absolute atomic E-state index is 0.182. The molecule has 3 heterocycles. The number of alkyl halides is 3. The number of rotatable bonds is 3. The van der Waals surface area contributed by atoms with E-state index in [0.29, 0.717) is 30.9 Å². The van der Waals surface area contributed by atoms with E-state index in [9.17, 15) is 17.6 Å². The highest BCUT2D eigenvalue weighted by Crippen LogP contribution is 2.34. The molecule has 0 amide bonds. The zero-order chi connectivity index (χ0) is 17.3. The Kier molecular flexibility index (Phi) is 4.49. The lowest BCUT2D eigenvalue weighted by molar-refractivity contribution is -0.141. The number of likely N-dealkylation sites (tertiary alicyclic amines) is 1. The lowest BCUT2D eigenvalue weighted by atomic mass is 10.2. The summed E-state index contributed by atoms with van der Waals surface area (Å²) in [6, 6.07) is 3.55. The fourth-order valence-corrected chi connectivity index (χ4v) is 2.90. The molecule has 0 spiro atoms. The zero-order valence-electron chi connectivity index (χ0n) is 13.0. The van der Waals surface area contributed by atoms with E-state index in [1.54, 1.807) is 6.07 Å². The smallest absolute Gasteiger partial charge is 0.288 e. The average molecular weight is 340 g/mol. The van der Waals surface area contributed by atoms with Crippen molar-refractivity contribution < 1.29 is 17.6 Å². The first-order valence-electron chi connectivity index (χ1n) is 7.60. The molecule has 3 rings (SSSR count). The van der Waals surface area contributed by atoms with Crippen molar-refractivity contribution in [3.05, 3.63) is 53.1 Å². The predicted molar refractivity (Wildman–Crippen MR) is 78.4 cm³/mol. The van der Waals surface area contributed by atoms with Crippen molar-refractivity contribution in [2.24, 2.45) is 0 Å². The highest BCUT2D eigenvalue weighted by Gasteiger charge is 2.35. The number of aromatic nitrogens is 3. The first-order valence-corrected chi connectivity index (χ1v) is 7.60. The van der Waals surface area contributed by atoms with Gasteiger partial charge in [0.15, 0.2) is 0 Å². The van der Waals surface area contributed by atoms with E-state index in [1.807, 2.05) is 4.90 Å². The van der Waals surface area contributed by atoms with E-state index >= 15 is 0 Å². The summed E-state index contributed by atoms with van der Waals surface area (Å²) in [4.78, 5) is 13.9. The van der Waals surface area contributed by atoms with Crippen molar-refractivity contribution in [3.8, 4) is 0 Å². The first kappa shape index (κ1) is 16.8. The number of halogens is 4. The fourth-order valence-electron chi connectivity index (χ4n) is 2.90. The monoisotopic (exact) mass is 340 g/mol. The third-order valence-corrected chi connectivity index (χ3v) is 3.98. The van der Waals surface area contributed by atoms with Crippen LogP contribution in [-0.4, -0.2) is 26.4 Å². The molecule has 24 heavy (non-hydrogen) atoms. The van der Waals surface area contributed by atoms with Crippen molar-refractivity contribution in [2.45, 2.75) is 38.5 Å². The van der Waals surface area contributed by atoms with E-state index in [2.05, 4.69) is 15.0 Å². The van der Waals surface area contributed by atoms with Gasteiger partial charge in [-0.1, -0.05) is 0 Å². The molecule has 0 saturated carbocycles. The van der Waals surface area contributed by atoms with Gasteiger partial charge >= 0.3 is 6.18 Å². The molecule has 0 N–H and O–H groups in total. The van der Waals surface area contributed by atoms with Gasteiger partial charge in [-0.2, -0.15) is 13.2 Å². The van der Waals surface area contributed by atoms with Crippen LogP contribution in [0.2, 0.25) is 0 Å². The third kappa shape index (κ3) is 3.69. The maximum atomic E-state index is 13.0. The Morgan fingerprint density at radius 1 is 1.25 bits per heavy atom. The van der Waals surface area contributed by atoms with E-state index in [-0.39, 0.29) is 11.9 Å². The average Bonchev–Trinajstić information content (AvgIpc) is 2.96. The highest BCUT2D eigenvalue weighted by atomic mass is 19.4. The molecule has 1 saturated heterocycles. The van der Waals surface area contributed by atoms with Crippen molar-refractivity contribution in [1.29, 1.82) is 0 Å². The molecule has 128 valence electrons. The molecule has 2 aromatic rings. The van der Waals surface area contributed by atoms with Gasteiger partial charge in [-0.25, -0.2) is 14.4 Å². The minimum atomic E-state index is -4.50. The fraction of sp³-hybridized carbons (Fsp3) is 0.438. The molecule has 0 radical (unpaired) electrons. The van der Waals surface area contributed by atoms with Gasteiger partial charge in [-0.15, -0.1) is 0 Å². The highest BCUT2D eigenvalue weighted by molar-refractivity contribution is 5.16. The molecule has 1 atom stereocenters. The molecule has 0 aromatic carbocycles. The summed E-state index contributed by atoms with van der Waals surface area (Å²) in [6.45, 7) is 2.66. The standard InChI is InChI=1S/C16H16F4N4/c1-10-7-14(16(18,19)20)23-15(22-10)13-3-2-6-24(13)9-12-5-4-11(17)8-21-12/h4-5,7-8,13H,2-3,6,9H2,1H3. The van der Waals surface area contributed by atoms with E-state index in [4.69, 9.17) is 0 Å². The first-order chi connectivity index (χ1) is 11.3. The number of aryl methyl sites for hydroxylation is 1. The summed E-state index contributed by atoms with van der Waals surface area (Å²) in [5, 5.41) is 0. The van der Waals surface area contributed by atoms with Gasteiger partial charge in [0.1, 0.15) is 17.3 Å². The maximum absolute atomic E-state index is 13.0. The summed E-state index contributed by atoms with van der Waals surface area (Å²) in [6.07, 6.45) is -1.85. The molecular formula is C16H16F4N4. The van der Waals surface area contributed by atoms with E-state index in [1.165, 1.54) is 13.0 Å². The lowest BCUT2D eigenvalue weighted by Gasteiger charge is -2.23. The molecule has 1 aliphatic heterocycles. The molecule has 4 nitrogen and oxygen atoms in total. The molecule has 8 heteroatoms. The molecule has 0 aliphatic carbocycles. The summed E-state index contributed by atoms with van der Waals surface area (Å²) in [5.74, 6) is -0.240. The summed E-state index contributed by atoms with van der Waals surface area (Å²) < 4.78 is 51.8. The van der Waals surface area contributed by atoms with Crippen LogP contribution in [0.5, 0.6) is 0 Å². The predicted octanol–water partition coefficient (Wildman–Crippen LogP) is 3.68. The molecule has 1 unspecified atom stereocenters. The Labute approximate surface area is 136 Å². The Hall–Kier alpha value is -2.09. The van der Waals surface area contributed by atoms with E-state index < -0.39 is 17.7 Å². The quantitative estimate of drug-likeness (QED) is 0.800. The van der Waals surface area contributed by atoms with E-state index in [0.717, 1.165) is 18.7 Å². The number of pyridine rings is 1. The van der Waals surface area contributed by atoms with Crippen LogP contribution < -0.4 is 0 Å². The second-order valence-corrected chi connectivity index (χ2v) is 5.85. The largest absolute Gasteiger partial charge is 0.433 e. The SMILES string of the molecule is Cc1cc(C(F)(F)F)nc(C2CCCN2Cc2ccc(F)cn2)n1. The summed E-state index contributed by atoms with van der Waals surface area (Å²) >= 11 is 0. The Morgan fingerprint density at radius 2 is 2.04 bits per heavy atom. The Morgan fingerprint density at radius 3 is 2.71 bits per heavy atom. The van der Waals surface area contributed by atoms with Gasteiger partial charge in [0.2, 0.25) is 0 Å². The van der Waals surface area contributed by atoms with Crippen LogP contribution in [0.25, 0.3) is 0 Å². The molecule has 1 aliphatic rings. The van der Waals surface area contributed by atoms with Gasteiger partial charge in [-0.3, -0.25) is 9.88 Å². The van der Waals surface area contributed by atoms with Crippen LogP contribution in [0.3, 0.4) is 0 Å². The third-order valence-electron chi connectivity index (χ3n) is 3.98. The van der Waals surface area contributed by atoms with Gasteiger partial charge in [-0.05, 0) is 44.5 Å². The molecule has 2 aromatic heterocycles. The topological polar surface area (TPSA) is 41.9 Å². The zero-order valence-corrected chi connectivity index (χ0v) is 13.0. The molecule has 0 bridgehead atoms. The second kappa shape index (κ2) is 6.43. The normalized spacial score (nSPS) is 19.0. The number of nitrogens with zero attached hydrogens (tertiary/aromatic N) is 4. The van der Waals surface area contributed by atoms with Gasteiger partial charge in [0.25, 0.3) is 0 Å². The minimum Gasteiger partial charge on any atom is -0.288 e. The van der Waals surface area contributed by atoms with Gasteiger partial charge < -0.3 is 0 Å². The van der Waals surface area contributed by atoms with Crippen LogP contribution in [0.4, 0.5) is 17.6 Å². The van der Waals surface area contributed by atoms with Crippen LogP contribution in [0, 0.1) is 12.7 Å². The maximum Gasteiger partial charge on any atom is 0.433 e. The number of hydrogen-bond donors (Lipinski definition) is 0. The van der Waals surface area contributed by atoms with Gasteiger partial charge in [0, 0.05) is 12.2 Å². The van der Waals surface area contributed by atoms with Crippen molar-refractivity contribution in [1.82, 2.24) is 19.9 Å². The Bertz CT molecular complexity index is 715. The van der Waals surface area contributed by atoms with Crippen LogP contribution in [0.15, 0.2) is 24.4 Å². The van der Waals surface area contributed by atoms with Crippen molar-refractivity contribution >= 4 is 0 Å². The van der Waals surface area contributed by atoms with Crippen LogP contribution in [0.1, 0.15) is 41.8 Å². The molecule has 1 fully saturated rings. The number of hydrogen-bond acceptors (Lipinski definition) is 4. The van der Waals surface area contributed by atoms with Gasteiger partial charge in [0.05, 0.1) is 17.9 Å². The Balaban J connectivity index is 1.85. The van der Waals surface area contributed by atoms with Crippen molar-refractivity contribution in [3.63, 3.8) is 0 Å². The second-order valence-electron chi connectivity index (χ2n) is 5.85. The van der Waals surface area contributed by atoms with Crippen LogP contribution in [-0.2, 0) is 12.7 Å². The summed E-state index contributed by atoms with van der Waals surface area (Å²) in [5.41, 5.74) is 0.0304. The molecular weight excluding hydrogens is 324 g/mol. The summed E-state index contributed by atoms with van der Waals surface area (Å²) in [7, 11) is 0. The van der Waals surface area contributed by atoms with Crippen LogP contribution >= 0.6 is 0 Å². The lowest BCUT2D eigenvalue weighted by Crippen LogP contribution is -2.26.